The third kappa shape index (κ3) is 3670. The van der Waals surface area contributed by atoms with E-state index in [2.05, 4.69) is 0 Å². The van der Waals surface area contributed by atoms with Gasteiger partial charge in [-0.15, -0.1) is 0 Å². The molecule has 0 N–H and O–H groups in total. The summed E-state index contributed by atoms with van der Waals surface area (Å²) >= 11 is 0. The number of rotatable bonds is 0. The molecule has 0 atom stereocenters. The first-order valence-corrected chi connectivity index (χ1v) is 5.48. The second-order valence-corrected chi connectivity index (χ2v) is 1.12. The van der Waals surface area contributed by atoms with Crippen LogP contribution in [0.4, 0.5) is 0 Å². The number of hydrogen-bond donors (Lipinski definition) is 0. The molecule has 1 radical (unpaired) electrons. The molecule has 0 rings (SSSR count). The maximum absolute atomic E-state index is 8.35. The largest absolute Gasteiger partial charge is 0.772 e. The van der Waals surface area contributed by atoms with Gasteiger partial charge in [-0.05, 0) is 0 Å². The summed E-state index contributed by atoms with van der Waals surface area (Å²) in [4.78, 5) is 41.7. The molecule has 0 aromatic rings. The van der Waals surface area contributed by atoms with Crippen LogP contribution in [0.2, 0.25) is 0 Å². The van der Waals surface area contributed by atoms with E-state index in [4.69, 9.17) is 47.3 Å². The third-order valence-corrected chi connectivity index (χ3v) is 0. The summed E-state index contributed by atoms with van der Waals surface area (Å²) < 4.78 is 41.7. The predicted molar refractivity (Wildman–Crippen MR) is 38.0 cm³/mol. The summed E-state index contributed by atoms with van der Waals surface area (Å²) in [6, 6.07) is 0. The number of hydrogen-bond acceptors (Lipinski definition) is 10. The van der Waals surface area contributed by atoms with Gasteiger partial charge in [0.1, 0.15) is 0 Å². The van der Waals surface area contributed by atoms with Gasteiger partial charge in [0, 0.05) is 18.6 Å². The molecule has 0 fully saturated rings. The third-order valence-electron chi connectivity index (χ3n) is 0. The fraction of sp³-hybridized carbons (Fsp3) is 0. The topological polar surface area (TPSA) is 201 Å². The Kier molecular flexibility index (Phi) is 228. The van der Waals surface area contributed by atoms with E-state index < -0.39 is 43.4 Å². The molecule has 0 aliphatic rings. The Morgan fingerprint density at radius 2 is 0.438 bits per heavy atom. The van der Waals surface area contributed by atoms with E-state index in [0.717, 1.165) is 0 Å². The average Bonchev–Trinajstić information content (AvgIpc) is 2.09. The zero-order chi connectivity index (χ0) is 13.5. The second kappa shape index (κ2) is 102. The van der Waals surface area contributed by atoms with Crippen LogP contribution < -0.4 is 24.5 Å². The van der Waals surface area contributed by atoms with E-state index in [0.29, 0.717) is 0 Å². The minimum Gasteiger partial charge on any atom is -0.772 e. The van der Waals surface area contributed by atoms with Crippen LogP contribution in [0.1, 0.15) is 0 Å². The standard InChI is InChI=1S/5HO2P.V/c5*1-3-2;/h5*(H,1,2);/p-5. The molecule has 0 amide bonds. The fourth-order valence-electron chi connectivity index (χ4n) is 0. The Balaban J connectivity index is -0.0000000192. The van der Waals surface area contributed by atoms with Crippen LogP contribution in [-0.4, -0.2) is 0 Å². The van der Waals surface area contributed by atoms with Gasteiger partial charge >= 0.3 is 0 Å². The van der Waals surface area contributed by atoms with Crippen molar-refractivity contribution in [3.63, 3.8) is 0 Å². The van der Waals surface area contributed by atoms with Crippen LogP contribution in [0, 0.1) is 0 Å². The van der Waals surface area contributed by atoms with Gasteiger partial charge in [-0.3, -0.25) is 22.8 Å². The van der Waals surface area contributed by atoms with E-state index in [1.807, 2.05) is 0 Å². The summed E-state index contributed by atoms with van der Waals surface area (Å²) in [7, 11) is -5.42. The van der Waals surface area contributed by atoms with E-state index in [1.165, 1.54) is 0 Å². The summed E-state index contributed by atoms with van der Waals surface area (Å²) in [5, 5.41) is 0. The Morgan fingerprint density at radius 3 is 0.438 bits per heavy atom. The molecule has 0 bridgehead atoms. The first kappa shape index (κ1) is 36.0. The molecule has 0 saturated heterocycles. The molecule has 0 aliphatic carbocycles. The van der Waals surface area contributed by atoms with Gasteiger partial charge in [-0.2, -0.15) is 0 Å². The molecule has 95 valence electrons. The quantitative estimate of drug-likeness (QED) is 0.422. The Labute approximate surface area is 109 Å². The maximum Gasteiger partial charge on any atom is 0.0642 e. The van der Waals surface area contributed by atoms with Crippen molar-refractivity contribution in [1.29, 1.82) is 0 Å². The van der Waals surface area contributed by atoms with Gasteiger partial charge in [-0.25, -0.2) is 0 Å². The molecule has 16 heteroatoms. The molecule has 0 saturated carbocycles. The van der Waals surface area contributed by atoms with Crippen molar-refractivity contribution < 1.29 is 65.8 Å². The van der Waals surface area contributed by atoms with Crippen LogP contribution in [0.3, 0.4) is 0 Å². The van der Waals surface area contributed by atoms with Gasteiger partial charge in [0.15, 0.2) is 0 Å². The summed E-state index contributed by atoms with van der Waals surface area (Å²) in [6.07, 6.45) is 0. The van der Waals surface area contributed by atoms with E-state index in [-0.39, 0.29) is 18.6 Å². The van der Waals surface area contributed by atoms with Crippen molar-refractivity contribution in [2.45, 2.75) is 0 Å². The molecule has 0 unspecified atom stereocenters. The van der Waals surface area contributed by atoms with Gasteiger partial charge in [0.25, 0.3) is 0 Å². The summed E-state index contributed by atoms with van der Waals surface area (Å²) in [5.74, 6) is 0. The van der Waals surface area contributed by atoms with Crippen LogP contribution in [0.25, 0.3) is 0 Å². The molecule has 0 aliphatic heterocycles. The van der Waals surface area contributed by atoms with Crippen molar-refractivity contribution in [2.24, 2.45) is 0 Å². The van der Waals surface area contributed by atoms with Crippen molar-refractivity contribution in [3.8, 4) is 0 Å². The van der Waals surface area contributed by atoms with Crippen molar-refractivity contribution in [3.05, 3.63) is 0 Å². The van der Waals surface area contributed by atoms with Crippen molar-refractivity contribution in [2.75, 3.05) is 0 Å². The molecular weight excluding hydrogens is 366 g/mol. The normalized spacial score (nSPS) is 6.56. The van der Waals surface area contributed by atoms with Crippen LogP contribution >= 0.6 is 43.4 Å². The monoisotopic (exact) mass is 366 g/mol. The molecule has 0 heterocycles. The van der Waals surface area contributed by atoms with Crippen molar-refractivity contribution in [1.82, 2.24) is 0 Å². The molecular formula is O10P5V-5. The van der Waals surface area contributed by atoms with E-state index >= 15 is 0 Å². The van der Waals surface area contributed by atoms with Crippen LogP contribution in [0.5, 0.6) is 0 Å². The van der Waals surface area contributed by atoms with Gasteiger partial charge < -0.3 is 24.5 Å². The Bertz CT molecular complexity index is 91.5. The first-order chi connectivity index (χ1) is 7.07. The molecule has 0 aromatic heterocycles. The molecule has 0 aromatic carbocycles. The Morgan fingerprint density at radius 1 is 0.438 bits per heavy atom. The maximum atomic E-state index is 8.35. The predicted octanol–water partition coefficient (Wildman–Crippen LogP) is -2.24. The molecule has 10 nitrogen and oxygen atoms in total. The van der Waals surface area contributed by atoms with E-state index in [1.54, 1.807) is 0 Å². The Hall–Kier alpha value is 0.884. The molecule has 16 heavy (non-hydrogen) atoms. The summed E-state index contributed by atoms with van der Waals surface area (Å²) in [5.41, 5.74) is 0. The van der Waals surface area contributed by atoms with Gasteiger partial charge in [0.2, 0.25) is 0 Å². The smallest absolute Gasteiger partial charge is 0.0642 e. The van der Waals surface area contributed by atoms with Crippen LogP contribution in [-0.2, 0) is 41.4 Å². The first-order valence-electron chi connectivity index (χ1n) is 1.83. The van der Waals surface area contributed by atoms with Crippen molar-refractivity contribution >= 4 is 43.4 Å². The minimum atomic E-state index is -1.08. The van der Waals surface area contributed by atoms with Gasteiger partial charge in [0.05, 0.1) is 43.4 Å². The summed E-state index contributed by atoms with van der Waals surface area (Å²) in [6.45, 7) is 0. The average molecular weight is 366 g/mol. The van der Waals surface area contributed by atoms with Gasteiger partial charge in [-0.1, -0.05) is 0 Å². The second-order valence-electron chi connectivity index (χ2n) is 0.373. The van der Waals surface area contributed by atoms with Crippen LogP contribution in [0.15, 0.2) is 0 Å². The minimum absolute atomic E-state index is 0. The fourth-order valence-corrected chi connectivity index (χ4v) is 0. The van der Waals surface area contributed by atoms with E-state index in [9.17, 15) is 0 Å². The zero-order valence-electron chi connectivity index (χ0n) is 6.77. The zero-order valence-corrected chi connectivity index (χ0v) is 12.6. The molecule has 0 spiro atoms. The SMILES string of the molecule is O=P[O-].O=P[O-].O=P[O-].O=P[O-].O=P[O-].[V].